The van der Waals surface area contributed by atoms with E-state index >= 15 is 0 Å². The predicted molar refractivity (Wildman–Crippen MR) is 101 cm³/mol. The van der Waals surface area contributed by atoms with Gasteiger partial charge in [0.2, 0.25) is 0 Å². The Kier molecular flexibility index (Phi) is 7.07. The molecule has 0 unspecified atom stereocenters. The fourth-order valence-corrected chi connectivity index (χ4v) is 3.74. The van der Waals surface area contributed by atoms with Gasteiger partial charge in [0.1, 0.15) is 6.33 Å². The Morgan fingerprint density at radius 1 is 0.958 bits per heavy atom. The molecule has 134 valence electrons. The third-order valence-electron chi connectivity index (χ3n) is 4.93. The highest BCUT2D eigenvalue weighted by Gasteiger charge is 2.20. The zero-order valence-corrected chi connectivity index (χ0v) is 15.5. The molecule has 0 aromatic carbocycles. The van der Waals surface area contributed by atoms with Gasteiger partial charge in [-0.25, -0.2) is 0 Å². The van der Waals surface area contributed by atoms with Crippen molar-refractivity contribution in [1.29, 1.82) is 0 Å². The average Bonchev–Trinajstić information content (AvgIpc) is 3.04. The van der Waals surface area contributed by atoms with Gasteiger partial charge in [0, 0.05) is 24.2 Å². The van der Waals surface area contributed by atoms with Crippen LogP contribution in [-0.2, 0) is 12.8 Å². The Hall–Kier alpha value is -1.11. The van der Waals surface area contributed by atoms with Gasteiger partial charge < -0.3 is 10.2 Å². The lowest BCUT2D eigenvalue weighted by Crippen LogP contribution is -2.34. The van der Waals surface area contributed by atoms with Gasteiger partial charge in [0.25, 0.3) is 0 Å². The second-order valence-corrected chi connectivity index (χ2v) is 6.44. The number of anilines is 1. The van der Waals surface area contributed by atoms with E-state index in [1.807, 2.05) is 4.52 Å². The maximum absolute atomic E-state index is 4.69. The van der Waals surface area contributed by atoms with Crippen LogP contribution in [0.5, 0.6) is 0 Å². The van der Waals surface area contributed by atoms with Crippen LogP contribution < -0.4 is 5.32 Å². The molecule has 1 saturated heterocycles. The molecule has 2 aliphatic rings. The second-order valence-electron chi connectivity index (χ2n) is 6.44. The molecule has 1 fully saturated rings. The number of rotatable bonds is 4. The molecule has 0 atom stereocenters. The van der Waals surface area contributed by atoms with Crippen molar-refractivity contribution in [1.82, 2.24) is 24.7 Å². The number of hydrogen-bond acceptors (Lipinski definition) is 5. The van der Waals surface area contributed by atoms with Crippen LogP contribution in [0.1, 0.15) is 43.2 Å². The lowest BCUT2D eigenvalue weighted by molar-refractivity contribution is 0.237. The predicted octanol–water partition coefficient (Wildman–Crippen LogP) is 2.74. The number of aryl methyl sites for hydroxylation is 1. The monoisotopic (exact) mass is 372 g/mol. The number of likely N-dealkylation sites (tertiary alicyclic amines) is 1. The summed E-state index contributed by atoms with van der Waals surface area (Å²) in [5.74, 6) is 1.04. The van der Waals surface area contributed by atoms with Gasteiger partial charge >= 0.3 is 0 Å². The molecule has 24 heavy (non-hydrogen) atoms. The summed E-state index contributed by atoms with van der Waals surface area (Å²) in [6.45, 7) is 4.57. The summed E-state index contributed by atoms with van der Waals surface area (Å²) >= 11 is 0. The minimum Gasteiger partial charge on any atom is -0.367 e. The first-order valence-electron chi connectivity index (χ1n) is 8.60. The fourth-order valence-electron chi connectivity index (χ4n) is 3.74. The Morgan fingerprint density at radius 2 is 1.71 bits per heavy atom. The highest BCUT2D eigenvalue weighted by molar-refractivity contribution is 5.85. The van der Waals surface area contributed by atoms with E-state index in [0.29, 0.717) is 0 Å². The van der Waals surface area contributed by atoms with Gasteiger partial charge in [-0.2, -0.15) is 4.52 Å². The highest BCUT2D eigenvalue weighted by atomic mass is 35.5. The summed E-state index contributed by atoms with van der Waals surface area (Å²) in [5.41, 5.74) is 3.65. The van der Waals surface area contributed by atoms with Crippen LogP contribution in [0.3, 0.4) is 0 Å². The molecular weight excluding hydrogens is 347 g/mol. The van der Waals surface area contributed by atoms with Crippen LogP contribution in [0.25, 0.3) is 5.65 Å². The molecule has 1 aliphatic heterocycles. The quantitative estimate of drug-likeness (QED) is 0.893. The minimum atomic E-state index is 0. The third-order valence-corrected chi connectivity index (χ3v) is 4.93. The van der Waals surface area contributed by atoms with Crippen LogP contribution >= 0.6 is 24.8 Å². The standard InChI is InChI=1S/C16H24N6.2ClH/c1-4-9-21(10-5-1)11-8-17-15-13-6-2-3-7-14(13)16-19-18-12-22(16)20-15;;/h12H,1-11H2,(H,17,20);2*1H. The Morgan fingerprint density at radius 3 is 2.50 bits per heavy atom. The molecule has 1 aliphatic carbocycles. The van der Waals surface area contributed by atoms with Crippen LogP contribution in [0.4, 0.5) is 5.82 Å². The van der Waals surface area contributed by atoms with Gasteiger partial charge in [0.05, 0.1) is 0 Å². The number of nitrogens with zero attached hydrogens (tertiary/aromatic N) is 5. The third kappa shape index (κ3) is 3.92. The maximum Gasteiger partial charge on any atom is 0.181 e. The normalized spacial score (nSPS) is 17.7. The maximum atomic E-state index is 4.69. The Labute approximate surface area is 155 Å². The van der Waals surface area contributed by atoms with Gasteiger partial charge in [0.15, 0.2) is 11.5 Å². The molecule has 6 nitrogen and oxygen atoms in total. The van der Waals surface area contributed by atoms with E-state index in [4.69, 9.17) is 5.10 Å². The van der Waals surface area contributed by atoms with Crippen molar-refractivity contribution in [2.45, 2.75) is 44.9 Å². The molecule has 0 spiro atoms. The van der Waals surface area contributed by atoms with E-state index in [1.165, 1.54) is 56.3 Å². The zero-order valence-electron chi connectivity index (χ0n) is 13.9. The SMILES string of the molecule is Cl.Cl.c1nnc2c3c(c(NCCN4CCCCC4)nn12)CCCC3. The summed E-state index contributed by atoms with van der Waals surface area (Å²) in [6, 6.07) is 0. The van der Waals surface area contributed by atoms with Crippen molar-refractivity contribution < 1.29 is 0 Å². The van der Waals surface area contributed by atoms with Crippen LogP contribution in [0.2, 0.25) is 0 Å². The van der Waals surface area contributed by atoms with Crippen LogP contribution in [0.15, 0.2) is 6.33 Å². The van der Waals surface area contributed by atoms with Crippen LogP contribution in [-0.4, -0.2) is 50.9 Å². The molecule has 8 heteroatoms. The van der Waals surface area contributed by atoms with Gasteiger partial charge in [-0.15, -0.1) is 40.1 Å². The lowest BCUT2D eigenvalue weighted by Gasteiger charge is -2.27. The van der Waals surface area contributed by atoms with E-state index in [1.54, 1.807) is 6.33 Å². The van der Waals surface area contributed by atoms with Crippen molar-refractivity contribution in [2.75, 3.05) is 31.5 Å². The number of fused-ring (bicyclic) bond motifs is 3. The summed E-state index contributed by atoms with van der Waals surface area (Å²) in [5, 5.41) is 16.5. The largest absolute Gasteiger partial charge is 0.367 e. The van der Waals surface area contributed by atoms with Gasteiger partial charge in [-0.1, -0.05) is 6.42 Å². The minimum absolute atomic E-state index is 0. The average molecular weight is 373 g/mol. The summed E-state index contributed by atoms with van der Waals surface area (Å²) < 4.78 is 1.83. The highest BCUT2D eigenvalue weighted by Crippen LogP contribution is 2.28. The molecule has 0 bridgehead atoms. The molecule has 0 radical (unpaired) electrons. The van der Waals surface area contributed by atoms with E-state index in [-0.39, 0.29) is 24.8 Å². The molecule has 2 aromatic heterocycles. The van der Waals surface area contributed by atoms with E-state index in [0.717, 1.165) is 37.4 Å². The number of nitrogens with one attached hydrogen (secondary N) is 1. The number of piperidine rings is 1. The van der Waals surface area contributed by atoms with E-state index in [2.05, 4.69) is 20.4 Å². The first kappa shape index (κ1) is 19.2. The van der Waals surface area contributed by atoms with Gasteiger partial charge in [-0.3, -0.25) is 0 Å². The zero-order chi connectivity index (χ0) is 14.8. The van der Waals surface area contributed by atoms with E-state index in [9.17, 15) is 0 Å². The fraction of sp³-hybridized carbons (Fsp3) is 0.688. The molecule has 3 heterocycles. The molecule has 0 amide bonds. The second kappa shape index (κ2) is 8.83. The first-order valence-corrected chi connectivity index (χ1v) is 8.60. The lowest BCUT2D eigenvalue weighted by atomic mass is 9.93. The number of halogens is 2. The Balaban J connectivity index is 0.00000104. The first-order chi connectivity index (χ1) is 10.9. The summed E-state index contributed by atoms with van der Waals surface area (Å²) in [6.07, 6.45) is 10.5. The van der Waals surface area contributed by atoms with Crippen molar-refractivity contribution in [3.63, 3.8) is 0 Å². The summed E-state index contributed by atoms with van der Waals surface area (Å²) in [7, 11) is 0. The van der Waals surface area contributed by atoms with Crippen molar-refractivity contribution in [3.8, 4) is 0 Å². The van der Waals surface area contributed by atoms with Crippen molar-refractivity contribution >= 4 is 36.3 Å². The summed E-state index contributed by atoms with van der Waals surface area (Å²) in [4.78, 5) is 2.56. The number of aromatic nitrogens is 4. The molecule has 1 N–H and O–H groups in total. The molecule has 2 aromatic rings. The van der Waals surface area contributed by atoms with Crippen molar-refractivity contribution in [2.24, 2.45) is 0 Å². The molecular formula is C16H26Cl2N6. The van der Waals surface area contributed by atoms with Crippen molar-refractivity contribution in [3.05, 3.63) is 17.5 Å². The molecule has 0 saturated carbocycles. The number of hydrogen-bond donors (Lipinski definition) is 1. The Bertz CT molecular complexity index is 653. The molecule has 4 rings (SSSR count). The topological polar surface area (TPSA) is 58.4 Å². The smallest absolute Gasteiger partial charge is 0.181 e. The van der Waals surface area contributed by atoms with Crippen LogP contribution in [0, 0.1) is 0 Å². The van der Waals surface area contributed by atoms with Gasteiger partial charge in [-0.05, 0) is 51.6 Å². The van der Waals surface area contributed by atoms with E-state index < -0.39 is 0 Å².